The molecule has 0 fully saturated rings. The van der Waals surface area contributed by atoms with Crippen LogP contribution < -0.4 is 5.32 Å². The van der Waals surface area contributed by atoms with E-state index in [9.17, 15) is 9.90 Å². The number of aromatic nitrogens is 1. The van der Waals surface area contributed by atoms with Crippen LogP contribution in [0.3, 0.4) is 0 Å². The minimum absolute atomic E-state index is 0.351. The average Bonchev–Trinajstić information content (AvgIpc) is 2.42. The summed E-state index contributed by atoms with van der Waals surface area (Å²) in [5.74, 6) is -1.39. The van der Waals surface area contributed by atoms with E-state index in [0.717, 1.165) is 16.8 Å². The number of hydrogen-bond acceptors (Lipinski definition) is 3. The molecule has 0 aliphatic rings. The molecule has 0 saturated carbocycles. The number of hydrogen-bond donors (Lipinski definition) is 2. The number of rotatable bonds is 5. The second kappa shape index (κ2) is 6.00. The predicted molar refractivity (Wildman–Crippen MR) is 74.3 cm³/mol. The molecule has 4 nitrogen and oxygen atoms in total. The second-order valence-electron chi connectivity index (χ2n) is 4.37. The molecule has 1 unspecified atom stereocenters. The summed E-state index contributed by atoms with van der Waals surface area (Å²) < 4.78 is 0. The van der Waals surface area contributed by atoms with Crippen molar-refractivity contribution in [3.05, 3.63) is 59.9 Å². The normalized spacial score (nSPS) is 11.8. The Bertz CT molecular complexity index is 555. The molecule has 98 valence electrons. The van der Waals surface area contributed by atoms with Crippen molar-refractivity contribution >= 4 is 11.7 Å². The lowest BCUT2D eigenvalue weighted by molar-refractivity contribution is -0.138. The molecule has 1 heterocycles. The zero-order valence-electron chi connectivity index (χ0n) is 10.7. The molecule has 1 atom stereocenters. The van der Waals surface area contributed by atoms with Crippen LogP contribution in [0.1, 0.15) is 17.0 Å². The molecular weight excluding hydrogens is 240 g/mol. The number of carboxylic acids is 1. The van der Waals surface area contributed by atoms with Gasteiger partial charge < -0.3 is 10.4 Å². The van der Waals surface area contributed by atoms with Gasteiger partial charge in [-0.3, -0.25) is 9.78 Å². The number of nitrogens with zero attached hydrogens (tertiary/aromatic N) is 1. The van der Waals surface area contributed by atoms with E-state index in [1.165, 1.54) is 0 Å². The highest BCUT2D eigenvalue weighted by Crippen LogP contribution is 2.18. The quantitative estimate of drug-likeness (QED) is 0.863. The van der Waals surface area contributed by atoms with Gasteiger partial charge in [0.05, 0.1) is 5.92 Å². The first-order valence-corrected chi connectivity index (χ1v) is 6.10. The minimum Gasteiger partial charge on any atom is -0.481 e. The van der Waals surface area contributed by atoms with E-state index in [2.05, 4.69) is 10.3 Å². The predicted octanol–water partition coefficient (Wildman–Crippen LogP) is 2.67. The van der Waals surface area contributed by atoms with E-state index in [1.54, 1.807) is 12.4 Å². The molecule has 0 bridgehead atoms. The van der Waals surface area contributed by atoms with Gasteiger partial charge >= 0.3 is 5.97 Å². The van der Waals surface area contributed by atoms with E-state index < -0.39 is 11.9 Å². The lowest BCUT2D eigenvalue weighted by Crippen LogP contribution is -2.21. The number of carbonyl (C=O) groups is 1. The third-order valence-electron chi connectivity index (χ3n) is 3.02. The van der Waals surface area contributed by atoms with Crippen LogP contribution in [-0.4, -0.2) is 22.6 Å². The van der Waals surface area contributed by atoms with E-state index in [4.69, 9.17) is 0 Å². The highest BCUT2D eigenvalue weighted by molar-refractivity contribution is 5.77. The fourth-order valence-corrected chi connectivity index (χ4v) is 1.92. The Kier molecular flexibility index (Phi) is 4.13. The highest BCUT2D eigenvalue weighted by atomic mass is 16.4. The smallest absolute Gasteiger partial charge is 0.312 e. The lowest BCUT2D eigenvalue weighted by atomic mass is 9.99. The van der Waals surface area contributed by atoms with Crippen LogP contribution in [0.2, 0.25) is 0 Å². The summed E-state index contributed by atoms with van der Waals surface area (Å²) in [6.07, 6.45) is 3.44. The van der Waals surface area contributed by atoms with Crippen molar-refractivity contribution in [2.24, 2.45) is 0 Å². The van der Waals surface area contributed by atoms with Crippen LogP contribution in [0.4, 0.5) is 5.69 Å². The fraction of sp³-hybridized carbons (Fsp3) is 0.200. The van der Waals surface area contributed by atoms with E-state index >= 15 is 0 Å². The Morgan fingerprint density at radius 1 is 1.32 bits per heavy atom. The van der Waals surface area contributed by atoms with Crippen molar-refractivity contribution in [1.82, 2.24) is 4.98 Å². The summed E-state index contributed by atoms with van der Waals surface area (Å²) in [4.78, 5) is 15.4. The topological polar surface area (TPSA) is 62.2 Å². The molecule has 1 aromatic carbocycles. The molecule has 0 aliphatic carbocycles. The van der Waals surface area contributed by atoms with E-state index in [1.807, 2.05) is 43.3 Å². The number of aryl methyl sites for hydroxylation is 1. The van der Waals surface area contributed by atoms with E-state index in [0.29, 0.717) is 6.54 Å². The summed E-state index contributed by atoms with van der Waals surface area (Å²) in [6.45, 7) is 2.29. The van der Waals surface area contributed by atoms with Gasteiger partial charge in [-0.1, -0.05) is 30.3 Å². The molecule has 2 aromatic rings. The highest BCUT2D eigenvalue weighted by Gasteiger charge is 2.19. The Labute approximate surface area is 112 Å². The lowest BCUT2D eigenvalue weighted by Gasteiger charge is -2.15. The Hall–Kier alpha value is -2.36. The largest absolute Gasteiger partial charge is 0.481 e. The van der Waals surface area contributed by atoms with E-state index in [-0.39, 0.29) is 0 Å². The first kappa shape index (κ1) is 13.1. The third-order valence-corrected chi connectivity index (χ3v) is 3.02. The first-order chi connectivity index (χ1) is 9.18. The summed E-state index contributed by atoms with van der Waals surface area (Å²) in [7, 11) is 0. The van der Waals surface area contributed by atoms with Crippen LogP contribution in [-0.2, 0) is 4.79 Å². The number of aliphatic carboxylic acids is 1. The van der Waals surface area contributed by atoms with Gasteiger partial charge in [-0.15, -0.1) is 0 Å². The van der Waals surface area contributed by atoms with Gasteiger partial charge in [0.15, 0.2) is 0 Å². The molecule has 4 heteroatoms. The monoisotopic (exact) mass is 256 g/mol. The third kappa shape index (κ3) is 3.31. The maximum atomic E-state index is 11.4. The van der Waals surface area contributed by atoms with Gasteiger partial charge in [0.25, 0.3) is 0 Å². The second-order valence-corrected chi connectivity index (χ2v) is 4.37. The average molecular weight is 256 g/mol. The Morgan fingerprint density at radius 3 is 2.68 bits per heavy atom. The van der Waals surface area contributed by atoms with Gasteiger partial charge in [0, 0.05) is 24.6 Å². The van der Waals surface area contributed by atoms with Crippen LogP contribution >= 0.6 is 0 Å². The number of nitrogens with one attached hydrogen (secondary N) is 1. The summed E-state index contributed by atoms with van der Waals surface area (Å²) >= 11 is 0. The van der Waals surface area contributed by atoms with Gasteiger partial charge in [-0.05, 0) is 24.1 Å². The van der Waals surface area contributed by atoms with Crippen molar-refractivity contribution in [3.8, 4) is 0 Å². The molecule has 0 spiro atoms. The summed E-state index contributed by atoms with van der Waals surface area (Å²) in [5, 5.41) is 12.5. The SMILES string of the molecule is Cc1cnccc1NCC(C(=O)O)c1ccccc1. The summed E-state index contributed by atoms with van der Waals surface area (Å²) in [5.41, 5.74) is 2.71. The van der Waals surface area contributed by atoms with Crippen LogP contribution in [0.15, 0.2) is 48.8 Å². The molecule has 19 heavy (non-hydrogen) atoms. The number of anilines is 1. The van der Waals surface area contributed by atoms with Gasteiger partial charge in [0.2, 0.25) is 0 Å². The zero-order valence-corrected chi connectivity index (χ0v) is 10.7. The minimum atomic E-state index is -0.828. The van der Waals surface area contributed by atoms with Gasteiger partial charge in [0.1, 0.15) is 0 Å². The molecule has 0 saturated heterocycles. The van der Waals surface area contributed by atoms with Crippen LogP contribution in [0.5, 0.6) is 0 Å². The molecule has 2 rings (SSSR count). The molecular formula is C15H16N2O2. The van der Waals surface area contributed by atoms with Gasteiger partial charge in [-0.2, -0.15) is 0 Å². The first-order valence-electron chi connectivity index (χ1n) is 6.10. The maximum absolute atomic E-state index is 11.4. The maximum Gasteiger partial charge on any atom is 0.312 e. The Balaban J connectivity index is 2.11. The van der Waals surface area contributed by atoms with Crippen molar-refractivity contribution in [2.45, 2.75) is 12.8 Å². The Morgan fingerprint density at radius 2 is 2.05 bits per heavy atom. The molecule has 1 aromatic heterocycles. The number of carboxylic acid groups (broad SMARTS) is 1. The van der Waals surface area contributed by atoms with Crippen LogP contribution in [0.25, 0.3) is 0 Å². The number of pyridine rings is 1. The fourth-order valence-electron chi connectivity index (χ4n) is 1.92. The van der Waals surface area contributed by atoms with Crippen molar-refractivity contribution in [3.63, 3.8) is 0 Å². The molecule has 0 amide bonds. The molecule has 0 aliphatic heterocycles. The van der Waals surface area contributed by atoms with Crippen molar-refractivity contribution in [2.75, 3.05) is 11.9 Å². The van der Waals surface area contributed by atoms with Crippen molar-refractivity contribution < 1.29 is 9.90 Å². The zero-order chi connectivity index (χ0) is 13.7. The van der Waals surface area contributed by atoms with Crippen molar-refractivity contribution in [1.29, 1.82) is 0 Å². The molecule has 2 N–H and O–H groups in total. The van der Waals surface area contributed by atoms with Crippen LogP contribution in [0, 0.1) is 6.92 Å². The summed E-state index contributed by atoms with van der Waals surface area (Å²) in [6, 6.07) is 11.1. The molecule has 0 radical (unpaired) electrons. The van der Waals surface area contributed by atoms with Gasteiger partial charge in [-0.25, -0.2) is 0 Å². The standard InChI is InChI=1S/C15H16N2O2/c1-11-9-16-8-7-14(11)17-10-13(15(18)19)12-5-3-2-4-6-12/h2-9,13H,10H2,1H3,(H,16,17)(H,18,19). The number of benzene rings is 1.